The third-order valence-electron chi connectivity index (χ3n) is 5.98. The van der Waals surface area contributed by atoms with Crippen molar-refractivity contribution in [3.8, 4) is 17.5 Å². The van der Waals surface area contributed by atoms with E-state index in [9.17, 15) is 12.8 Å². The van der Waals surface area contributed by atoms with E-state index in [2.05, 4.69) is 28.7 Å². The first-order valence-electron chi connectivity index (χ1n) is 11.2. The molecule has 182 valence electrons. The molecule has 1 aliphatic heterocycles. The number of likely N-dealkylation sites (tertiary alicyclic amines) is 1. The molecule has 1 atom stereocenters. The Morgan fingerprint density at radius 1 is 1.21 bits per heavy atom. The molecule has 1 fully saturated rings. The number of hydrogen-bond donors (Lipinski definition) is 1. The lowest BCUT2D eigenvalue weighted by Crippen LogP contribution is -2.41. The van der Waals surface area contributed by atoms with Crippen LogP contribution in [0.4, 0.5) is 4.39 Å². The molecule has 33 heavy (non-hydrogen) atoms. The molecule has 2 aromatic rings. The molecule has 0 bridgehead atoms. The van der Waals surface area contributed by atoms with Crippen molar-refractivity contribution >= 4 is 9.84 Å². The molecule has 1 saturated heterocycles. The van der Waals surface area contributed by atoms with Crippen molar-refractivity contribution in [3.63, 3.8) is 0 Å². The SMILES string of the molecule is Cc1c(Oc2ccc(S(C)(=O)=O)cc2F)ncnc1OC1CCN(CCC(N)C(C)C)CC1. The monoisotopic (exact) mass is 480 g/mol. The number of benzene rings is 1. The van der Waals surface area contributed by atoms with Gasteiger partial charge in [-0.3, -0.25) is 0 Å². The Morgan fingerprint density at radius 3 is 2.48 bits per heavy atom. The van der Waals surface area contributed by atoms with Crippen LogP contribution >= 0.6 is 0 Å². The molecular weight excluding hydrogens is 447 g/mol. The number of hydrogen-bond acceptors (Lipinski definition) is 8. The van der Waals surface area contributed by atoms with Gasteiger partial charge in [-0.2, -0.15) is 0 Å². The average Bonchev–Trinajstić information content (AvgIpc) is 2.76. The zero-order chi connectivity index (χ0) is 24.2. The fraction of sp³-hybridized carbons (Fsp3) is 0.565. The van der Waals surface area contributed by atoms with Gasteiger partial charge in [-0.1, -0.05) is 13.8 Å². The number of piperidine rings is 1. The van der Waals surface area contributed by atoms with Gasteiger partial charge in [0.05, 0.1) is 10.5 Å². The summed E-state index contributed by atoms with van der Waals surface area (Å²) in [6, 6.07) is 3.71. The maximum atomic E-state index is 14.4. The molecule has 0 radical (unpaired) electrons. The summed E-state index contributed by atoms with van der Waals surface area (Å²) in [7, 11) is -3.51. The molecule has 0 spiro atoms. The topological polar surface area (TPSA) is 108 Å². The molecular formula is C23H33FN4O4S. The van der Waals surface area contributed by atoms with Crippen LogP contribution < -0.4 is 15.2 Å². The smallest absolute Gasteiger partial charge is 0.229 e. The Labute approximate surface area is 195 Å². The Hall–Kier alpha value is -2.30. The minimum absolute atomic E-state index is 0.0206. The highest BCUT2D eigenvalue weighted by atomic mass is 32.2. The van der Waals surface area contributed by atoms with Gasteiger partial charge in [0, 0.05) is 25.4 Å². The van der Waals surface area contributed by atoms with Crippen LogP contribution in [-0.4, -0.2) is 61.3 Å². The predicted octanol–water partition coefficient (Wildman–Crippen LogP) is 3.34. The van der Waals surface area contributed by atoms with Crippen molar-refractivity contribution in [2.24, 2.45) is 11.7 Å². The summed E-state index contributed by atoms with van der Waals surface area (Å²) < 4.78 is 49.3. The van der Waals surface area contributed by atoms with Crippen molar-refractivity contribution in [1.82, 2.24) is 14.9 Å². The van der Waals surface area contributed by atoms with Crippen LogP contribution in [0.25, 0.3) is 0 Å². The van der Waals surface area contributed by atoms with Gasteiger partial charge in [0.2, 0.25) is 11.8 Å². The van der Waals surface area contributed by atoms with Crippen LogP contribution in [0.1, 0.15) is 38.7 Å². The van der Waals surface area contributed by atoms with Gasteiger partial charge < -0.3 is 20.1 Å². The molecule has 1 aromatic carbocycles. The van der Waals surface area contributed by atoms with Gasteiger partial charge in [0.1, 0.15) is 12.4 Å². The summed E-state index contributed by atoms with van der Waals surface area (Å²) in [5.74, 6) is 0.125. The molecule has 10 heteroatoms. The highest BCUT2D eigenvalue weighted by Gasteiger charge is 2.23. The van der Waals surface area contributed by atoms with Crippen LogP contribution in [0.5, 0.6) is 17.5 Å². The maximum absolute atomic E-state index is 14.4. The summed E-state index contributed by atoms with van der Waals surface area (Å²) in [5.41, 5.74) is 6.71. The Morgan fingerprint density at radius 2 is 1.88 bits per heavy atom. The zero-order valence-corrected chi connectivity index (χ0v) is 20.4. The van der Waals surface area contributed by atoms with E-state index in [4.69, 9.17) is 15.2 Å². The van der Waals surface area contributed by atoms with Gasteiger partial charge in [-0.25, -0.2) is 22.8 Å². The van der Waals surface area contributed by atoms with Crippen LogP contribution in [0, 0.1) is 18.7 Å². The second kappa shape index (κ2) is 10.8. The van der Waals surface area contributed by atoms with Crippen LogP contribution in [-0.2, 0) is 9.84 Å². The molecule has 0 saturated carbocycles. The quantitative estimate of drug-likeness (QED) is 0.582. The molecule has 3 rings (SSSR count). The van der Waals surface area contributed by atoms with E-state index in [1.54, 1.807) is 6.92 Å². The summed E-state index contributed by atoms with van der Waals surface area (Å²) in [5, 5.41) is 0. The largest absolute Gasteiger partial charge is 0.474 e. The number of halogens is 1. The van der Waals surface area contributed by atoms with E-state index in [0.29, 0.717) is 17.4 Å². The van der Waals surface area contributed by atoms with Gasteiger partial charge >= 0.3 is 0 Å². The number of ether oxygens (including phenoxy) is 2. The van der Waals surface area contributed by atoms with E-state index in [0.717, 1.165) is 51.2 Å². The summed E-state index contributed by atoms with van der Waals surface area (Å²) in [4.78, 5) is 10.6. The lowest BCUT2D eigenvalue weighted by molar-refractivity contribution is 0.0934. The van der Waals surface area contributed by atoms with E-state index in [1.165, 1.54) is 18.5 Å². The van der Waals surface area contributed by atoms with Crippen molar-refractivity contribution in [3.05, 3.63) is 35.9 Å². The van der Waals surface area contributed by atoms with Crippen LogP contribution in [0.2, 0.25) is 0 Å². The highest BCUT2D eigenvalue weighted by Crippen LogP contribution is 2.31. The first-order valence-corrected chi connectivity index (χ1v) is 13.1. The molecule has 1 aliphatic rings. The van der Waals surface area contributed by atoms with E-state index in [1.807, 2.05) is 0 Å². The second-order valence-electron chi connectivity index (χ2n) is 8.93. The fourth-order valence-corrected chi connectivity index (χ4v) is 4.25. The first-order chi connectivity index (χ1) is 15.5. The fourth-order valence-electron chi connectivity index (χ4n) is 3.61. The van der Waals surface area contributed by atoms with Gasteiger partial charge in [0.25, 0.3) is 0 Å². The number of aromatic nitrogens is 2. The highest BCUT2D eigenvalue weighted by molar-refractivity contribution is 7.90. The van der Waals surface area contributed by atoms with Crippen molar-refractivity contribution < 1.29 is 22.3 Å². The molecule has 0 aliphatic carbocycles. The summed E-state index contributed by atoms with van der Waals surface area (Å²) in [6.45, 7) is 8.88. The third-order valence-corrected chi connectivity index (χ3v) is 7.09. The first kappa shape index (κ1) is 25.3. The minimum Gasteiger partial charge on any atom is -0.474 e. The maximum Gasteiger partial charge on any atom is 0.229 e. The third kappa shape index (κ3) is 6.84. The molecule has 1 aromatic heterocycles. The number of rotatable bonds is 9. The predicted molar refractivity (Wildman–Crippen MR) is 124 cm³/mol. The van der Waals surface area contributed by atoms with Crippen molar-refractivity contribution in [1.29, 1.82) is 0 Å². The summed E-state index contributed by atoms with van der Waals surface area (Å²) >= 11 is 0. The minimum atomic E-state index is -3.51. The van der Waals surface area contributed by atoms with Crippen LogP contribution in [0.15, 0.2) is 29.4 Å². The standard InChI is InChI=1S/C23H33FN4O4S/c1-15(2)20(25)9-12-28-10-7-17(8-11-28)31-22-16(3)23(27-14-26-22)32-21-6-5-18(13-19(21)24)33(4,29)30/h5-6,13-15,17,20H,7-12,25H2,1-4H3. The Bertz CT molecular complexity index is 1060. The second-order valence-corrected chi connectivity index (χ2v) is 10.9. The van der Waals surface area contributed by atoms with E-state index < -0.39 is 15.7 Å². The van der Waals surface area contributed by atoms with E-state index >= 15 is 0 Å². The van der Waals surface area contributed by atoms with Crippen molar-refractivity contribution in [2.75, 3.05) is 25.9 Å². The molecule has 1 unspecified atom stereocenters. The number of nitrogens with two attached hydrogens (primary N) is 1. The van der Waals surface area contributed by atoms with Crippen molar-refractivity contribution in [2.45, 2.75) is 57.1 Å². The number of nitrogens with zero attached hydrogens (tertiary/aromatic N) is 3. The lowest BCUT2D eigenvalue weighted by atomic mass is 10.0. The zero-order valence-electron chi connectivity index (χ0n) is 19.6. The number of sulfone groups is 1. The molecule has 8 nitrogen and oxygen atoms in total. The van der Waals surface area contributed by atoms with Gasteiger partial charge in [-0.05, 0) is 56.8 Å². The molecule has 2 N–H and O–H groups in total. The summed E-state index contributed by atoms with van der Waals surface area (Å²) in [6.07, 6.45) is 5.08. The van der Waals surface area contributed by atoms with Gasteiger partial charge in [0.15, 0.2) is 21.4 Å². The Kier molecular flexibility index (Phi) is 8.25. The van der Waals surface area contributed by atoms with Crippen LogP contribution in [0.3, 0.4) is 0 Å². The normalized spacial score (nSPS) is 16.7. The lowest BCUT2D eigenvalue weighted by Gasteiger charge is -2.33. The molecule has 2 heterocycles. The van der Waals surface area contributed by atoms with Gasteiger partial charge in [-0.15, -0.1) is 0 Å². The Balaban J connectivity index is 1.60. The van der Waals surface area contributed by atoms with E-state index in [-0.39, 0.29) is 28.7 Å². The molecule has 0 amide bonds. The average molecular weight is 481 g/mol.